The van der Waals surface area contributed by atoms with E-state index in [4.69, 9.17) is 4.52 Å². The van der Waals surface area contributed by atoms with Crippen molar-refractivity contribution in [1.29, 1.82) is 0 Å². The Kier molecular flexibility index (Phi) is 5.53. The molecule has 0 radical (unpaired) electrons. The predicted octanol–water partition coefficient (Wildman–Crippen LogP) is 3.31. The maximum atomic E-state index is 12.6. The van der Waals surface area contributed by atoms with E-state index in [1.807, 2.05) is 24.8 Å². The second kappa shape index (κ2) is 7.83. The van der Waals surface area contributed by atoms with Crippen LogP contribution in [0, 0.1) is 13.8 Å². The van der Waals surface area contributed by atoms with Gasteiger partial charge in [0.25, 0.3) is 0 Å². The molecule has 2 heterocycles. The Labute approximate surface area is 149 Å². The number of hydrogen-bond donors (Lipinski definition) is 1. The van der Waals surface area contributed by atoms with Gasteiger partial charge in [0, 0.05) is 37.7 Å². The first kappa shape index (κ1) is 17.7. The minimum Gasteiger partial charge on any atom is -0.361 e. The normalized spacial score (nSPS) is 15.1. The number of aryl methyl sites for hydroxylation is 2. The first-order valence-electron chi connectivity index (χ1n) is 9.10. The van der Waals surface area contributed by atoms with Gasteiger partial charge in [-0.05, 0) is 37.8 Å². The van der Waals surface area contributed by atoms with Gasteiger partial charge in [-0.1, -0.05) is 36.3 Å². The molecule has 0 saturated heterocycles. The summed E-state index contributed by atoms with van der Waals surface area (Å²) in [6.45, 7) is 8.25. The summed E-state index contributed by atoms with van der Waals surface area (Å²) in [6.07, 6.45) is 2.40. The number of rotatable bonds is 6. The highest BCUT2D eigenvalue weighted by atomic mass is 16.5. The van der Waals surface area contributed by atoms with Gasteiger partial charge in [-0.15, -0.1) is 0 Å². The average molecular weight is 341 g/mol. The molecule has 1 aliphatic heterocycles. The summed E-state index contributed by atoms with van der Waals surface area (Å²) in [5.74, 6) is 1.08. The Balaban J connectivity index is 1.53. The van der Waals surface area contributed by atoms with Crippen molar-refractivity contribution in [3.63, 3.8) is 0 Å². The zero-order valence-electron chi connectivity index (χ0n) is 15.3. The van der Waals surface area contributed by atoms with Crippen LogP contribution in [0.15, 0.2) is 28.8 Å². The Morgan fingerprint density at radius 2 is 2.08 bits per heavy atom. The molecule has 3 rings (SSSR count). The summed E-state index contributed by atoms with van der Waals surface area (Å²) < 4.78 is 5.27. The molecule has 5 heteroatoms. The number of hydrogen-bond acceptors (Lipinski definition) is 4. The molecule has 134 valence electrons. The first-order chi connectivity index (χ1) is 12.1. The third-order valence-electron chi connectivity index (χ3n) is 5.06. The van der Waals surface area contributed by atoms with Crippen LogP contribution in [0.2, 0.25) is 0 Å². The largest absolute Gasteiger partial charge is 0.361 e. The molecule has 0 unspecified atom stereocenters. The van der Waals surface area contributed by atoms with Crippen LogP contribution in [0.4, 0.5) is 0 Å². The van der Waals surface area contributed by atoms with Crippen molar-refractivity contribution in [3.05, 3.63) is 52.4 Å². The topological polar surface area (TPSA) is 58.4 Å². The summed E-state index contributed by atoms with van der Waals surface area (Å²) >= 11 is 0. The number of amides is 1. The van der Waals surface area contributed by atoms with E-state index in [0.29, 0.717) is 13.0 Å². The second-order valence-electron chi connectivity index (χ2n) is 6.74. The van der Waals surface area contributed by atoms with E-state index in [1.165, 1.54) is 11.1 Å². The van der Waals surface area contributed by atoms with Gasteiger partial charge in [-0.2, -0.15) is 0 Å². The van der Waals surface area contributed by atoms with Crippen LogP contribution in [0.1, 0.15) is 54.0 Å². The van der Waals surface area contributed by atoms with Gasteiger partial charge < -0.3 is 14.7 Å². The van der Waals surface area contributed by atoms with Gasteiger partial charge in [0.2, 0.25) is 5.91 Å². The molecule has 1 aliphatic rings. The van der Waals surface area contributed by atoms with E-state index in [1.54, 1.807) is 0 Å². The highest BCUT2D eigenvalue weighted by Crippen LogP contribution is 2.24. The fourth-order valence-electron chi connectivity index (χ4n) is 3.66. The number of carbonyl (C=O) groups excluding carboxylic acids is 1. The molecule has 0 bridgehead atoms. The van der Waals surface area contributed by atoms with Crippen LogP contribution in [-0.2, 0) is 17.8 Å². The van der Waals surface area contributed by atoms with Gasteiger partial charge in [0.1, 0.15) is 5.76 Å². The number of nitrogens with zero attached hydrogens (tertiary/aromatic N) is 2. The van der Waals surface area contributed by atoms with Crippen LogP contribution in [-0.4, -0.2) is 29.1 Å². The third-order valence-corrected chi connectivity index (χ3v) is 5.06. The van der Waals surface area contributed by atoms with Crippen molar-refractivity contribution in [1.82, 2.24) is 15.4 Å². The molecule has 1 N–H and O–H groups in total. The molecule has 0 saturated carbocycles. The fraction of sp³-hybridized carbons (Fsp3) is 0.500. The minimum atomic E-state index is 0.182. The average Bonchev–Trinajstić information content (AvgIpc) is 2.97. The molecule has 25 heavy (non-hydrogen) atoms. The van der Waals surface area contributed by atoms with Gasteiger partial charge >= 0.3 is 0 Å². The SMILES string of the molecule is CC[C@@H](NCCC(=O)N1CCc2ccccc2C1)c1c(C)noc1C. The van der Waals surface area contributed by atoms with E-state index in [0.717, 1.165) is 42.9 Å². The van der Waals surface area contributed by atoms with Crippen LogP contribution < -0.4 is 5.32 Å². The molecule has 1 atom stereocenters. The van der Waals surface area contributed by atoms with Gasteiger partial charge in [0.05, 0.1) is 5.69 Å². The van der Waals surface area contributed by atoms with Crippen molar-refractivity contribution in [2.75, 3.05) is 13.1 Å². The molecule has 0 aliphatic carbocycles. The molecule has 1 aromatic heterocycles. The molecule has 1 aromatic carbocycles. The highest BCUT2D eigenvalue weighted by Gasteiger charge is 2.22. The Morgan fingerprint density at radius 1 is 1.32 bits per heavy atom. The zero-order valence-corrected chi connectivity index (χ0v) is 15.3. The lowest BCUT2D eigenvalue weighted by Gasteiger charge is -2.29. The smallest absolute Gasteiger partial charge is 0.224 e. The predicted molar refractivity (Wildman–Crippen MR) is 97.2 cm³/mol. The number of benzene rings is 1. The monoisotopic (exact) mass is 341 g/mol. The lowest BCUT2D eigenvalue weighted by molar-refractivity contribution is -0.132. The van der Waals surface area contributed by atoms with Crippen molar-refractivity contribution in [3.8, 4) is 0 Å². The van der Waals surface area contributed by atoms with E-state index >= 15 is 0 Å². The molecular formula is C20H27N3O2. The summed E-state index contributed by atoms with van der Waals surface area (Å²) in [5, 5.41) is 7.53. The maximum absolute atomic E-state index is 12.6. The van der Waals surface area contributed by atoms with Crippen LogP contribution in [0.25, 0.3) is 0 Å². The zero-order chi connectivity index (χ0) is 17.8. The van der Waals surface area contributed by atoms with E-state index < -0.39 is 0 Å². The van der Waals surface area contributed by atoms with E-state index in [-0.39, 0.29) is 11.9 Å². The molecule has 0 fully saturated rings. The van der Waals surface area contributed by atoms with Crippen molar-refractivity contribution < 1.29 is 9.32 Å². The Morgan fingerprint density at radius 3 is 2.76 bits per heavy atom. The van der Waals surface area contributed by atoms with E-state index in [2.05, 4.69) is 35.6 Å². The Hall–Kier alpha value is -2.14. The summed E-state index contributed by atoms with van der Waals surface area (Å²) in [6, 6.07) is 8.58. The number of fused-ring (bicyclic) bond motifs is 1. The maximum Gasteiger partial charge on any atom is 0.224 e. The van der Waals surface area contributed by atoms with Gasteiger partial charge in [0.15, 0.2) is 0 Å². The first-order valence-corrected chi connectivity index (χ1v) is 9.10. The lowest BCUT2D eigenvalue weighted by Crippen LogP contribution is -2.37. The van der Waals surface area contributed by atoms with Gasteiger partial charge in [-0.3, -0.25) is 4.79 Å². The third kappa shape index (κ3) is 3.93. The van der Waals surface area contributed by atoms with Crippen molar-refractivity contribution in [2.24, 2.45) is 0 Å². The van der Waals surface area contributed by atoms with Crippen LogP contribution in [0.5, 0.6) is 0 Å². The fourth-order valence-corrected chi connectivity index (χ4v) is 3.66. The summed E-state index contributed by atoms with van der Waals surface area (Å²) in [4.78, 5) is 14.5. The highest BCUT2D eigenvalue weighted by molar-refractivity contribution is 5.76. The van der Waals surface area contributed by atoms with Crippen LogP contribution in [0.3, 0.4) is 0 Å². The summed E-state index contributed by atoms with van der Waals surface area (Å²) in [7, 11) is 0. The van der Waals surface area contributed by atoms with E-state index in [9.17, 15) is 4.79 Å². The standard InChI is InChI=1S/C20H27N3O2/c1-4-18(20-14(2)22-25-15(20)3)21-11-9-19(24)23-12-10-16-7-5-6-8-17(16)13-23/h5-8,18,21H,4,9-13H2,1-3H3/t18-/m1/s1. The van der Waals surface area contributed by atoms with Crippen LogP contribution >= 0.6 is 0 Å². The lowest BCUT2D eigenvalue weighted by atomic mass is 9.99. The van der Waals surface area contributed by atoms with Gasteiger partial charge in [-0.25, -0.2) is 0 Å². The number of nitrogens with one attached hydrogen (secondary N) is 1. The number of carbonyl (C=O) groups is 1. The minimum absolute atomic E-state index is 0.182. The molecule has 5 nitrogen and oxygen atoms in total. The van der Waals surface area contributed by atoms with Crippen molar-refractivity contribution in [2.45, 2.75) is 52.6 Å². The molecule has 0 spiro atoms. The number of aromatic nitrogens is 1. The summed E-state index contributed by atoms with van der Waals surface area (Å²) in [5.41, 5.74) is 4.70. The molecule has 2 aromatic rings. The Bertz CT molecular complexity index is 719. The second-order valence-corrected chi connectivity index (χ2v) is 6.74. The van der Waals surface area contributed by atoms with Crippen molar-refractivity contribution >= 4 is 5.91 Å². The quantitative estimate of drug-likeness (QED) is 0.876. The molecule has 1 amide bonds. The molecular weight excluding hydrogens is 314 g/mol.